The van der Waals surface area contributed by atoms with Gasteiger partial charge in [0.2, 0.25) is 0 Å². The van der Waals surface area contributed by atoms with Crippen LogP contribution >= 0.6 is 11.6 Å². The first-order valence-corrected chi connectivity index (χ1v) is 8.72. The van der Waals surface area contributed by atoms with Crippen LogP contribution in [0.4, 0.5) is 0 Å². The maximum atomic E-state index is 12.6. The third kappa shape index (κ3) is 4.46. The Morgan fingerprint density at radius 2 is 1.65 bits per heavy atom. The zero-order valence-corrected chi connectivity index (χ0v) is 14.3. The molecule has 2 aromatic carbocycles. The number of methoxy groups -OCH3 is 1. The fraction of sp³-hybridized carbons (Fsp3) is 0.188. The van der Waals surface area contributed by atoms with Crippen molar-refractivity contribution < 1.29 is 18.0 Å². The molecule has 0 heterocycles. The Hall–Kier alpha value is -2.05. The standard InChI is InChI=1S/C16H16ClNO4S/c1-21-14-7-9-15(10-8-14)23(19,20)11-16(18-22-2)12-3-5-13(17)6-4-12/h3-10H,11H2,1-2H3/b18-16-. The van der Waals surface area contributed by atoms with Gasteiger partial charge in [0.25, 0.3) is 0 Å². The lowest BCUT2D eigenvalue weighted by Gasteiger charge is -2.08. The van der Waals surface area contributed by atoms with Crippen LogP contribution in [-0.2, 0) is 14.7 Å². The normalized spacial score (nSPS) is 12.0. The van der Waals surface area contributed by atoms with Gasteiger partial charge in [-0.3, -0.25) is 0 Å². The van der Waals surface area contributed by atoms with E-state index in [1.54, 1.807) is 36.4 Å². The predicted octanol–water partition coefficient (Wildman–Crippen LogP) is 3.17. The maximum absolute atomic E-state index is 12.6. The SMILES string of the molecule is CO/N=C(/CS(=O)(=O)c1ccc(OC)cc1)c1ccc(Cl)cc1. The second kappa shape index (κ2) is 7.48. The second-order valence-corrected chi connectivity index (χ2v) is 7.09. The molecule has 0 aliphatic rings. The van der Waals surface area contributed by atoms with Crippen molar-refractivity contribution in [1.29, 1.82) is 0 Å². The van der Waals surface area contributed by atoms with Gasteiger partial charge in [-0.1, -0.05) is 28.9 Å². The van der Waals surface area contributed by atoms with E-state index in [-0.39, 0.29) is 10.6 Å². The summed E-state index contributed by atoms with van der Waals surface area (Å²) >= 11 is 5.85. The predicted molar refractivity (Wildman–Crippen MR) is 90.0 cm³/mol. The average molecular weight is 354 g/mol. The molecule has 0 aromatic heterocycles. The molecule has 2 rings (SSSR count). The molecule has 0 aliphatic carbocycles. The minimum Gasteiger partial charge on any atom is -0.497 e. The highest BCUT2D eigenvalue weighted by atomic mass is 35.5. The van der Waals surface area contributed by atoms with Crippen molar-refractivity contribution >= 4 is 27.1 Å². The molecule has 0 saturated heterocycles. The first-order chi connectivity index (χ1) is 11.0. The van der Waals surface area contributed by atoms with Gasteiger partial charge in [-0.25, -0.2) is 8.42 Å². The molecule has 122 valence electrons. The van der Waals surface area contributed by atoms with Gasteiger partial charge in [0, 0.05) is 10.6 Å². The number of benzene rings is 2. The molecule has 0 aliphatic heterocycles. The van der Waals surface area contributed by atoms with Crippen LogP contribution < -0.4 is 4.74 Å². The molecule has 7 heteroatoms. The van der Waals surface area contributed by atoms with E-state index in [2.05, 4.69) is 5.16 Å². The monoisotopic (exact) mass is 353 g/mol. The summed E-state index contributed by atoms with van der Waals surface area (Å²) < 4.78 is 30.1. The van der Waals surface area contributed by atoms with Gasteiger partial charge in [-0.05, 0) is 36.4 Å². The smallest absolute Gasteiger partial charge is 0.184 e. The molecular formula is C16H16ClNO4S. The van der Waals surface area contributed by atoms with E-state index in [4.69, 9.17) is 21.2 Å². The Balaban J connectivity index is 2.31. The zero-order valence-electron chi connectivity index (χ0n) is 12.7. The van der Waals surface area contributed by atoms with Crippen molar-refractivity contribution in [3.05, 3.63) is 59.1 Å². The number of oxime groups is 1. The zero-order chi connectivity index (χ0) is 16.9. The second-order valence-electron chi connectivity index (χ2n) is 4.66. The van der Waals surface area contributed by atoms with Crippen LogP contribution in [0.3, 0.4) is 0 Å². The number of hydrogen-bond donors (Lipinski definition) is 0. The van der Waals surface area contributed by atoms with E-state index >= 15 is 0 Å². The van der Waals surface area contributed by atoms with E-state index < -0.39 is 9.84 Å². The minimum atomic E-state index is -3.56. The number of nitrogens with zero attached hydrogens (tertiary/aromatic N) is 1. The van der Waals surface area contributed by atoms with Crippen LogP contribution in [0, 0.1) is 0 Å². The molecule has 23 heavy (non-hydrogen) atoms. The summed E-state index contributed by atoms with van der Waals surface area (Å²) in [6.45, 7) is 0. The molecule has 0 atom stereocenters. The number of ether oxygens (including phenoxy) is 1. The lowest BCUT2D eigenvalue weighted by molar-refractivity contribution is 0.213. The Labute approximate surface area is 140 Å². The summed E-state index contributed by atoms with van der Waals surface area (Å²) in [7, 11) is -0.672. The molecule has 0 saturated carbocycles. The number of halogens is 1. The lowest BCUT2D eigenvalue weighted by Crippen LogP contribution is -2.17. The van der Waals surface area contributed by atoms with Crippen molar-refractivity contribution in [1.82, 2.24) is 0 Å². The van der Waals surface area contributed by atoms with Crippen LogP contribution in [0.2, 0.25) is 5.02 Å². The molecule has 0 amide bonds. The van der Waals surface area contributed by atoms with Crippen molar-refractivity contribution in [2.75, 3.05) is 20.0 Å². The van der Waals surface area contributed by atoms with Gasteiger partial charge in [-0.15, -0.1) is 0 Å². The molecule has 0 spiro atoms. The molecule has 0 fully saturated rings. The summed E-state index contributed by atoms with van der Waals surface area (Å²) in [5, 5.41) is 4.40. The first-order valence-electron chi connectivity index (χ1n) is 6.69. The van der Waals surface area contributed by atoms with Crippen LogP contribution in [0.15, 0.2) is 58.6 Å². The fourth-order valence-electron chi connectivity index (χ4n) is 1.96. The van der Waals surface area contributed by atoms with Crippen LogP contribution in [0.1, 0.15) is 5.56 Å². The van der Waals surface area contributed by atoms with Crippen LogP contribution in [0.5, 0.6) is 5.75 Å². The summed E-state index contributed by atoms with van der Waals surface area (Å²) in [6, 6.07) is 12.9. The number of hydrogen-bond acceptors (Lipinski definition) is 5. The van der Waals surface area contributed by atoms with Gasteiger partial charge in [0.05, 0.1) is 12.0 Å². The number of rotatable bonds is 6. The van der Waals surface area contributed by atoms with Gasteiger partial charge < -0.3 is 9.57 Å². The van der Waals surface area contributed by atoms with E-state index in [0.717, 1.165) is 0 Å². The molecule has 2 aromatic rings. The topological polar surface area (TPSA) is 65.0 Å². The van der Waals surface area contributed by atoms with Gasteiger partial charge in [-0.2, -0.15) is 0 Å². The van der Waals surface area contributed by atoms with Crippen LogP contribution in [-0.4, -0.2) is 34.1 Å². The van der Waals surface area contributed by atoms with Crippen molar-refractivity contribution in [3.8, 4) is 5.75 Å². The lowest BCUT2D eigenvalue weighted by atomic mass is 10.1. The first kappa shape index (κ1) is 17.3. The Kier molecular flexibility index (Phi) is 5.63. The van der Waals surface area contributed by atoms with Gasteiger partial charge in [0.15, 0.2) is 9.84 Å². The quantitative estimate of drug-likeness (QED) is 0.591. The molecule has 0 unspecified atom stereocenters. The number of sulfone groups is 1. The summed E-state index contributed by atoms with van der Waals surface area (Å²) in [5.74, 6) is 0.307. The molecule has 0 N–H and O–H groups in total. The van der Waals surface area contributed by atoms with Gasteiger partial charge >= 0.3 is 0 Å². The summed E-state index contributed by atoms with van der Waals surface area (Å²) in [4.78, 5) is 4.97. The van der Waals surface area contributed by atoms with Crippen LogP contribution in [0.25, 0.3) is 0 Å². The highest BCUT2D eigenvalue weighted by Crippen LogP contribution is 2.19. The van der Waals surface area contributed by atoms with Crippen molar-refractivity contribution in [3.63, 3.8) is 0 Å². The van der Waals surface area contributed by atoms with Crippen molar-refractivity contribution in [2.45, 2.75) is 4.90 Å². The fourth-order valence-corrected chi connectivity index (χ4v) is 3.38. The van der Waals surface area contributed by atoms with E-state index in [9.17, 15) is 8.42 Å². The molecule has 5 nitrogen and oxygen atoms in total. The average Bonchev–Trinajstić information content (AvgIpc) is 2.55. The van der Waals surface area contributed by atoms with E-state index in [1.807, 2.05) is 0 Å². The minimum absolute atomic E-state index is 0.191. The molecular weight excluding hydrogens is 338 g/mol. The summed E-state index contributed by atoms with van der Waals surface area (Å²) in [6.07, 6.45) is 0. The Morgan fingerprint density at radius 3 is 2.17 bits per heavy atom. The summed E-state index contributed by atoms with van der Waals surface area (Å²) in [5.41, 5.74) is 0.938. The van der Waals surface area contributed by atoms with Gasteiger partial charge in [0.1, 0.15) is 24.3 Å². The van der Waals surface area contributed by atoms with E-state index in [0.29, 0.717) is 22.0 Å². The third-order valence-corrected chi connectivity index (χ3v) is 5.02. The highest BCUT2D eigenvalue weighted by Gasteiger charge is 2.20. The Bertz CT molecular complexity index is 784. The third-order valence-electron chi connectivity index (χ3n) is 3.12. The van der Waals surface area contributed by atoms with E-state index in [1.165, 1.54) is 26.4 Å². The Morgan fingerprint density at radius 1 is 1.04 bits per heavy atom. The van der Waals surface area contributed by atoms with Crippen molar-refractivity contribution in [2.24, 2.45) is 5.16 Å². The largest absolute Gasteiger partial charge is 0.497 e. The molecule has 0 radical (unpaired) electrons. The highest BCUT2D eigenvalue weighted by molar-refractivity contribution is 7.92. The molecule has 0 bridgehead atoms. The maximum Gasteiger partial charge on any atom is 0.184 e.